The van der Waals surface area contributed by atoms with Crippen LogP contribution in [0, 0.1) is 0 Å². The number of likely N-dealkylation sites (N-methyl/N-ethyl adjacent to an activating group) is 1. The standard InChI is InChI=1S/C11H23N2O/c1-5-11(14)10(3)13(4,6-2)9-7-8-12/h5,10H,1,6-9,12H2,2-4H3/q+1. The Labute approximate surface area is 87.2 Å². The van der Waals surface area contributed by atoms with Crippen molar-refractivity contribution in [1.82, 2.24) is 0 Å². The number of quaternary nitrogens is 1. The summed E-state index contributed by atoms with van der Waals surface area (Å²) < 4.78 is 0.752. The van der Waals surface area contributed by atoms with Crippen LogP contribution in [0.25, 0.3) is 0 Å². The van der Waals surface area contributed by atoms with E-state index in [1.807, 2.05) is 6.92 Å². The summed E-state index contributed by atoms with van der Waals surface area (Å²) in [6.07, 6.45) is 2.37. The first kappa shape index (κ1) is 13.3. The highest BCUT2D eigenvalue weighted by molar-refractivity contribution is 5.92. The van der Waals surface area contributed by atoms with Gasteiger partial charge in [0.05, 0.1) is 20.1 Å². The molecular weight excluding hydrogens is 176 g/mol. The van der Waals surface area contributed by atoms with E-state index in [1.54, 1.807) is 0 Å². The second-order valence-electron chi connectivity index (χ2n) is 3.94. The summed E-state index contributed by atoms with van der Waals surface area (Å²) in [5, 5.41) is 0. The van der Waals surface area contributed by atoms with E-state index in [9.17, 15) is 4.79 Å². The van der Waals surface area contributed by atoms with Crippen LogP contribution in [-0.2, 0) is 4.79 Å². The van der Waals surface area contributed by atoms with E-state index >= 15 is 0 Å². The van der Waals surface area contributed by atoms with E-state index in [0.29, 0.717) is 6.54 Å². The van der Waals surface area contributed by atoms with Crippen molar-refractivity contribution in [2.75, 3.05) is 26.7 Å². The van der Waals surface area contributed by atoms with Crippen molar-refractivity contribution in [1.29, 1.82) is 0 Å². The number of ketones is 1. The van der Waals surface area contributed by atoms with Crippen LogP contribution in [-0.4, -0.2) is 43.0 Å². The first-order chi connectivity index (χ1) is 6.51. The molecule has 3 heteroatoms. The van der Waals surface area contributed by atoms with Gasteiger partial charge >= 0.3 is 0 Å². The average molecular weight is 199 g/mol. The van der Waals surface area contributed by atoms with Crippen molar-refractivity contribution < 1.29 is 9.28 Å². The van der Waals surface area contributed by atoms with Crippen molar-refractivity contribution in [2.24, 2.45) is 5.73 Å². The van der Waals surface area contributed by atoms with Crippen LogP contribution in [0.15, 0.2) is 12.7 Å². The fourth-order valence-electron chi connectivity index (χ4n) is 1.56. The molecule has 2 unspecified atom stereocenters. The molecule has 0 aliphatic carbocycles. The molecule has 2 atom stereocenters. The van der Waals surface area contributed by atoms with E-state index in [1.165, 1.54) is 6.08 Å². The van der Waals surface area contributed by atoms with Crippen molar-refractivity contribution in [2.45, 2.75) is 26.3 Å². The van der Waals surface area contributed by atoms with Gasteiger partial charge in [-0.25, -0.2) is 0 Å². The lowest BCUT2D eigenvalue weighted by Gasteiger charge is -2.38. The quantitative estimate of drug-likeness (QED) is 0.490. The number of rotatable bonds is 7. The Morgan fingerprint density at radius 1 is 1.64 bits per heavy atom. The number of carbonyl (C=O) groups is 1. The van der Waals surface area contributed by atoms with Gasteiger partial charge in [-0.15, -0.1) is 0 Å². The van der Waals surface area contributed by atoms with E-state index in [4.69, 9.17) is 5.73 Å². The summed E-state index contributed by atoms with van der Waals surface area (Å²) in [7, 11) is 2.10. The van der Waals surface area contributed by atoms with Crippen LogP contribution in [0.2, 0.25) is 0 Å². The monoisotopic (exact) mass is 199 g/mol. The summed E-state index contributed by atoms with van der Waals surface area (Å²) in [5.41, 5.74) is 5.48. The van der Waals surface area contributed by atoms with Gasteiger partial charge in [-0.1, -0.05) is 6.58 Å². The van der Waals surface area contributed by atoms with Crippen LogP contribution in [0.1, 0.15) is 20.3 Å². The molecule has 3 nitrogen and oxygen atoms in total. The minimum Gasteiger partial charge on any atom is -0.330 e. The predicted octanol–water partition coefficient (Wildman–Crippen LogP) is 0.945. The minimum absolute atomic E-state index is 0.0101. The molecule has 0 aromatic carbocycles. The Morgan fingerprint density at radius 3 is 2.57 bits per heavy atom. The van der Waals surface area contributed by atoms with Gasteiger partial charge in [0.2, 0.25) is 5.78 Å². The van der Waals surface area contributed by atoms with Gasteiger partial charge in [0.1, 0.15) is 6.04 Å². The van der Waals surface area contributed by atoms with Crippen LogP contribution < -0.4 is 5.73 Å². The number of hydrogen-bond acceptors (Lipinski definition) is 2. The van der Waals surface area contributed by atoms with Crippen molar-refractivity contribution >= 4 is 5.78 Å². The van der Waals surface area contributed by atoms with Gasteiger partial charge in [0.25, 0.3) is 0 Å². The third-order valence-corrected chi connectivity index (χ3v) is 3.14. The average Bonchev–Trinajstić information content (AvgIpc) is 2.23. The van der Waals surface area contributed by atoms with Crippen molar-refractivity contribution in [3.05, 3.63) is 12.7 Å². The van der Waals surface area contributed by atoms with E-state index in [0.717, 1.165) is 24.0 Å². The molecule has 0 saturated heterocycles. The fourth-order valence-corrected chi connectivity index (χ4v) is 1.56. The van der Waals surface area contributed by atoms with Crippen LogP contribution in [0.3, 0.4) is 0 Å². The molecular formula is C11H23N2O+. The maximum absolute atomic E-state index is 11.5. The highest BCUT2D eigenvalue weighted by Crippen LogP contribution is 2.12. The molecule has 0 rings (SSSR count). The van der Waals surface area contributed by atoms with E-state index < -0.39 is 0 Å². The molecule has 14 heavy (non-hydrogen) atoms. The predicted molar refractivity (Wildman–Crippen MR) is 59.9 cm³/mol. The normalized spacial score (nSPS) is 17.1. The molecule has 0 aromatic heterocycles. The molecule has 0 amide bonds. The Balaban J connectivity index is 4.48. The van der Waals surface area contributed by atoms with Crippen LogP contribution in [0.4, 0.5) is 0 Å². The molecule has 2 N–H and O–H groups in total. The number of carbonyl (C=O) groups excluding carboxylic acids is 1. The number of nitrogens with zero attached hydrogens (tertiary/aromatic N) is 1. The van der Waals surface area contributed by atoms with Gasteiger partial charge in [0.15, 0.2) is 0 Å². The number of hydrogen-bond donors (Lipinski definition) is 1. The van der Waals surface area contributed by atoms with Crippen molar-refractivity contribution in [3.63, 3.8) is 0 Å². The third-order valence-electron chi connectivity index (χ3n) is 3.14. The molecule has 0 bridgehead atoms. The summed E-state index contributed by atoms with van der Waals surface area (Å²) in [5.74, 6) is 0.117. The SMILES string of the molecule is C=CC(=O)C(C)[N+](C)(CC)CCCN. The zero-order valence-electron chi connectivity index (χ0n) is 9.62. The largest absolute Gasteiger partial charge is 0.330 e. The topological polar surface area (TPSA) is 43.1 Å². The second kappa shape index (κ2) is 5.94. The molecule has 0 spiro atoms. The van der Waals surface area contributed by atoms with Gasteiger partial charge < -0.3 is 10.2 Å². The Hall–Kier alpha value is -0.670. The number of nitrogens with two attached hydrogens (primary N) is 1. The van der Waals surface area contributed by atoms with E-state index in [2.05, 4.69) is 20.6 Å². The molecule has 0 aromatic rings. The van der Waals surface area contributed by atoms with Gasteiger partial charge in [-0.05, 0) is 26.5 Å². The highest BCUT2D eigenvalue weighted by atomic mass is 16.1. The minimum atomic E-state index is -0.0101. The molecule has 0 aliphatic heterocycles. The van der Waals surface area contributed by atoms with Crippen LogP contribution in [0.5, 0.6) is 0 Å². The molecule has 0 aliphatic rings. The van der Waals surface area contributed by atoms with Crippen LogP contribution >= 0.6 is 0 Å². The zero-order valence-corrected chi connectivity index (χ0v) is 9.62. The third kappa shape index (κ3) is 3.24. The fraction of sp³-hybridized carbons (Fsp3) is 0.727. The molecule has 0 radical (unpaired) electrons. The molecule has 0 heterocycles. The lowest BCUT2D eigenvalue weighted by atomic mass is 10.1. The van der Waals surface area contributed by atoms with Gasteiger partial charge in [-0.3, -0.25) is 4.79 Å². The smallest absolute Gasteiger partial charge is 0.211 e. The molecule has 0 fully saturated rings. The Morgan fingerprint density at radius 2 is 2.21 bits per heavy atom. The lowest BCUT2D eigenvalue weighted by Crippen LogP contribution is -2.54. The zero-order chi connectivity index (χ0) is 11.2. The maximum atomic E-state index is 11.5. The Bertz CT molecular complexity index is 203. The molecule has 82 valence electrons. The first-order valence-corrected chi connectivity index (χ1v) is 5.22. The lowest BCUT2D eigenvalue weighted by molar-refractivity contribution is -0.920. The molecule has 0 saturated carbocycles. The second-order valence-corrected chi connectivity index (χ2v) is 3.94. The van der Waals surface area contributed by atoms with E-state index in [-0.39, 0.29) is 11.8 Å². The summed E-state index contributed by atoms with van der Waals surface area (Å²) >= 11 is 0. The first-order valence-electron chi connectivity index (χ1n) is 5.22. The summed E-state index contributed by atoms with van der Waals surface area (Å²) in [4.78, 5) is 11.5. The van der Waals surface area contributed by atoms with Gasteiger partial charge in [0, 0.05) is 6.42 Å². The van der Waals surface area contributed by atoms with Gasteiger partial charge in [-0.2, -0.15) is 0 Å². The summed E-state index contributed by atoms with van der Waals surface area (Å²) in [6, 6.07) is -0.0101. The maximum Gasteiger partial charge on any atom is 0.211 e. The summed E-state index contributed by atoms with van der Waals surface area (Å²) in [6.45, 7) is 10.2. The highest BCUT2D eigenvalue weighted by Gasteiger charge is 2.30. The Kier molecular flexibility index (Phi) is 5.65. The van der Waals surface area contributed by atoms with Crippen molar-refractivity contribution in [3.8, 4) is 0 Å².